The van der Waals surface area contributed by atoms with Gasteiger partial charge in [-0.3, -0.25) is 9.89 Å². The summed E-state index contributed by atoms with van der Waals surface area (Å²) in [5.41, 5.74) is 3.45. The smallest absolute Gasteiger partial charge is 0.240 e. The number of pyridine rings is 1. The molecule has 2 atom stereocenters. The maximum atomic E-state index is 14.6. The van der Waals surface area contributed by atoms with Crippen molar-refractivity contribution in [2.75, 3.05) is 38.7 Å². The Labute approximate surface area is 217 Å². The topological polar surface area (TPSA) is 79.9 Å². The van der Waals surface area contributed by atoms with E-state index < -0.39 is 5.67 Å². The molecule has 0 amide bonds. The van der Waals surface area contributed by atoms with Gasteiger partial charge in [0.15, 0.2) is 5.82 Å². The highest BCUT2D eigenvalue weighted by atomic mass is 19.1. The van der Waals surface area contributed by atoms with Crippen LogP contribution in [0, 0.1) is 11.7 Å². The first-order chi connectivity index (χ1) is 17.7. The fraction of sp³-hybridized carbons (Fsp3) is 0.556. The van der Waals surface area contributed by atoms with Gasteiger partial charge < -0.3 is 10.1 Å². The van der Waals surface area contributed by atoms with Gasteiger partial charge in [0.2, 0.25) is 5.95 Å². The molecule has 0 radical (unpaired) electrons. The van der Waals surface area contributed by atoms with Gasteiger partial charge in [-0.2, -0.15) is 0 Å². The molecule has 10 heteroatoms. The molecule has 6 rings (SSSR count). The number of alkyl halides is 1. The summed E-state index contributed by atoms with van der Waals surface area (Å²) in [6, 6.07) is 4.22. The van der Waals surface area contributed by atoms with E-state index in [2.05, 4.69) is 39.1 Å². The largest absolute Gasteiger partial charge is 0.378 e. The first-order valence-electron chi connectivity index (χ1n) is 13.0. The summed E-state index contributed by atoms with van der Waals surface area (Å²) in [5, 5.41) is 7.08. The molecule has 0 saturated carbocycles. The normalized spacial score (nSPS) is 23.9. The lowest BCUT2D eigenvalue weighted by Crippen LogP contribution is -2.55. The highest BCUT2D eigenvalue weighted by molar-refractivity contribution is 5.96. The van der Waals surface area contributed by atoms with Crippen molar-refractivity contribution in [3.8, 4) is 11.3 Å². The first kappa shape index (κ1) is 25.7. The molecule has 0 aromatic carbocycles. The Hall–Kier alpha value is -2.98. The van der Waals surface area contributed by atoms with Crippen molar-refractivity contribution >= 4 is 22.9 Å². The van der Waals surface area contributed by atoms with E-state index in [0.717, 1.165) is 49.7 Å². The second-order valence-electron chi connectivity index (χ2n) is 10.8. The second-order valence-corrected chi connectivity index (χ2v) is 10.8. The molecule has 3 aromatic rings. The summed E-state index contributed by atoms with van der Waals surface area (Å²) >= 11 is 0. The lowest BCUT2D eigenvalue weighted by Gasteiger charge is -2.43. The van der Waals surface area contributed by atoms with Crippen molar-refractivity contribution < 1.29 is 14.9 Å². The van der Waals surface area contributed by atoms with Crippen LogP contribution < -0.4 is 5.32 Å². The highest BCUT2D eigenvalue weighted by Crippen LogP contribution is 2.40. The van der Waals surface area contributed by atoms with Crippen LogP contribution in [0.1, 0.15) is 53.6 Å². The molecule has 200 valence electrons. The lowest BCUT2D eigenvalue weighted by atomic mass is 9.89. The van der Waals surface area contributed by atoms with Crippen LogP contribution in [0.2, 0.25) is 0 Å². The van der Waals surface area contributed by atoms with E-state index in [0.29, 0.717) is 41.2 Å². The van der Waals surface area contributed by atoms with Crippen LogP contribution in [0.15, 0.2) is 29.5 Å². The van der Waals surface area contributed by atoms with Crippen LogP contribution in [0.3, 0.4) is 0 Å². The van der Waals surface area contributed by atoms with E-state index in [4.69, 9.17) is 9.72 Å². The maximum absolute atomic E-state index is 14.6. The lowest BCUT2D eigenvalue weighted by molar-refractivity contribution is -0.0900. The maximum Gasteiger partial charge on any atom is 0.240 e. The molecule has 2 saturated heterocycles. The fourth-order valence-electron chi connectivity index (χ4n) is 5.47. The molecule has 37 heavy (non-hydrogen) atoms. The highest BCUT2D eigenvalue weighted by Gasteiger charge is 2.36. The Morgan fingerprint density at radius 3 is 2.70 bits per heavy atom. The van der Waals surface area contributed by atoms with Crippen molar-refractivity contribution in [1.29, 1.82) is 0 Å². The standard InChI is InChI=1S/C18H19FN6.C9H16FNO.H2/c1-9(2)15-10(3)22-13-6-5-12(23-17(13)15)16-11(19)8-25-14(16)7-21-18(20-4)24-25;1-9(10)3-2-4-11(7-9)8-5-12-6-8;/h5-9,15H,1-4H3,(H,20,24);8H,2-7H2,1H3;1H. The summed E-state index contributed by atoms with van der Waals surface area (Å²) in [5.74, 6) is 0.607. The molecule has 2 unspecified atom stereocenters. The van der Waals surface area contributed by atoms with Crippen LogP contribution in [-0.2, 0) is 4.74 Å². The van der Waals surface area contributed by atoms with Gasteiger partial charge in [0, 0.05) is 26.6 Å². The van der Waals surface area contributed by atoms with Gasteiger partial charge in [0.05, 0.1) is 59.8 Å². The van der Waals surface area contributed by atoms with Crippen molar-refractivity contribution in [2.24, 2.45) is 10.9 Å². The number of nitrogens with zero attached hydrogens (tertiary/aromatic N) is 6. The minimum absolute atomic E-state index is 0. The number of anilines is 1. The number of aliphatic imine (C=N–C) groups is 1. The average molecular weight is 514 g/mol. The Morgan fingerprint density at radius 1 is 1.27 bits per heavy atom. The summed E-state index contributed by atoms with van der Waals surface area (Å²) in [4.78, 5) is 15.8. The van der Waals surface area contributed by atoms with Crippen LogP contribution in [0.5, 0.6) is 0 Å². The van der Waals surface area contributed by atoms with Gasteiger partial charge in [-0.15, -0.1) is 5.10 Å². The first-order valence-corrected chi connectivity index (χ1v) is 13.0. The van der Waals surface area contributed by atoms with Crippen LogP contribution >= 0.6 is 0 Å². The van der Waals surface area contributed by atoms with Crippen molar-refractivity contribution in [3.63, 3.8) is 0 Å². The molecule has 1 N–H and O–H groups in total. The van der Waals surface area contributed by atoms with Gasteiger partial charge in [0.25, 0.3) is 0 Å². The number of aromatic nitrogens is 4. The number of likely N-dealkylation sites (tertiary alicyclic amines) is 1. The minimum atomic E-state index is -0.964. The Balaban J connectivity index is 0.000000218. The average Bonchev–Trinajstić information content (AvgIpc) is 3.31. The molecular weight excluding hydrogens is 476 g/mol. The number of halogens is 2. The van der Waals surface area contributed by atoms with E-state index in [1.165, 1.54) is 10.7 Å². The number of hydrogen-bond acceptors (Lipinski definition) is 7. The van der Waals surface area contributed by atoms with Gasteiger partial charge >= 0.3 is 0 Å². The zero-order valence-corrected chi connectivity index (χ0v) is 22.1. The SMILES string of the molecule is CC1(F)CCCN(C2COC2)C1.CNc1ncc2c(-c3ccc4c(n3)C(C(C)C)C(C)=N4)c(F)cn2n1.[HH]. The van der Waals surface area contributed by atoms with Gasteiger partial charge in [-0.25, -0.2) is 23.3 Å². The molecule has 0 bridgehead atoms. The van der Waals surface area contributed by atoms with E-state index in [9.17, 15) is 8.78 Å². The molecule has 3 aliphatic heterocycles. The number of ether oxygens (including phenoxy) is 1. The molecule has 3 aromatic heterocycles. The number of nitrogens with one attached hydrogen (secondary N) is 1. The Morgan fingerprint density at radius 2 is 2.05 bits per heavy atom. The van der Waals surface area contributed by atoms with E-state index in [-0.39, 0.29) is 13.2 Å². The molecule has 2 fully saturated rings. The zero-order chi connectivity index (χ0) is 26.3. The number of rotatable bonds is 4. The van der Waals surface area contributed by atoms with Crippen LogP contribution in [0.25, 0.3) is 16.8 Å². The number of hydrogen-bond donors (Lipinski definition) is 1. The van der Waals surface area contributed by atoms with Gasteiger partial charge in [0.1, 0.15) is 5.67 Å². The quantitative estimate of drug-likeness (QED) is 0.512. The monoisotopic (exact) mass is 513 g/mol. The summed E-state index contributed by atoms with van der Waals surface area (Å²) in [7, 11) is 1.72. The fourth-order valence-corrected chi connectivity index (χ4v) is 5.47. The van der Waals surface area contributed by atoms with Crippen molar-refractivity contribution in [1.82, 2.24) is 24.5 Å². The third kappa shape index (κ3) is 5.09. The number of piperidine rings is 1. The van der Waals surface area contributed by atoms with Gasteiger partial charge in [-0.1, -0.05) is 13.8 Å². The van der Waals surface area contributed by atoms with Crippen LogP contribution in [0.4, 0.5) is 20.4 Å². The Kier molecular flexibility index (Phi) is 6.97. The number of fused-ring (bicyclic) bond motifs is 2. The molecule has 0 aliphatic carbocycles. The zero-order valence-electron chi connectivity index (χ0n) is 22.1. The molecular formula is C27H37F2N7O. The molecule has 3 aliphatic rings. The Bertz CT molecular complexity index is 1320. The molecule has 8 nitrogen and oxygen atoms in total. The molecule has 0 spiro atoms. The molecule has 6 heterocycles. The van der Waals surface area contributed by atoms with Crippen molar-refractivity contribution in [2.45, 2.75) is 58.2 Å². The third-order valence-corrected chi connectivity index (χ3v) is 7.39. The van der Waals surface area contributed by atoms with Gasteiger partial charge in [-0.05, 0) is 51.3 Å². The minimum Gasteiger partial charge on any atom is -0.378 e. The van der Waals surface area contributed by atoms with E-state index in [1.807, 2.05) is 19.1 Å². The van der Waals surface area contributed by atoms with E-state index >= 15 is 0 Å². The van der Waals surface area contributed by atoms with Crippen LogP contribution in [-0.4, -0.2) is 75.3 Å². The van der Waals surface area contributed by atoms with E-state index in [1.54, 1.807) is 20.2 Å². The summed E-state index contributed by atoms with van der Waals surface area (Å²) < 4.78 is 34.8. The second kappa shape index (κ2) is 10.1. The predicted octanol–water partition coefficient (Wildman–Crippen LogP) is 5.27. The third-order valence-electron chi connectivity index (χ3n) is 7.39. The summed E-state index contributed by atoms with van der Waals surface area (Å²) in [6.45, 7) is 11.3. The van der Waals surface area contributed by atoms with Crippen molar-refractivity contribution in [3.05, 3.63) is 36.0 Å². The predicted molar refractivity (Wildman–Crippen MR) is 143 cm³/mol. The summed E-state index contributed by atoms with van der Waals surface area (Å²) in [6.07, 6.45) is 4.66.